The van der Waals surface area contributed by atoms with Gasteiger partial charge in [0, 0.05) is 13.1 Å². The van der Waals surface area contributed by atoms with Crippen LogP contribution in [-0.2, 0) is 13.1 Å². The maximum absolute atomic E-state index is 5.47. The monoisotopic (exact) mass is 416 g/mol. The van der Waals surface area contributed by atoms with Gasteiger partial charge in [0.1, 0.15) is 0 Å². The second-order valence-electron chi connectivity index (χ2n) is 7.12. The molecule has 2 aromatic rings. The van der Waals surface area contributed by atoms with Crippen LogP contribution in [0.4, 0.5) is 0 Å². The number of hydrogen-bond donors (Lipinski definition) is 2. The molecule has 162 valence electrons. The Bertz CT molecular complexity index is 802. The van der Waals surface area contributed by atoms with E-state index in [-0.39, 0.29) is 13.6 Å². The smallest absolute Gasteiger partial charge is 0.231 e. The predicted octanol–water partition coefficient (Wildman–Crippen LogP) is 2.82. The van der Waals surface area contributed by atoms with Gasteiger partial charge >= 0.3 is 0 Å². The first-order valence-electron chi connectivity index (χ1n) is 10.1. The topological polar surface area (TPSA) is 79.4 Å². The summed E-state index contributed by atoms with van der Waals surface area (Å²) in [5.41, 5.74) is 2.23. The van der Waals surface area contributed by atoms with E-state index in [9.17, 15) is 0 Å². The molecule has 0 saturated carbocycles. The molecular weight excluding hydrogens is 388 g/mol. The van der Waals surface area contributed by atoms with E-state index in [1.165, 1.54) is 0 Å². The molecule has 0 aromatic heterocycles. The summed E-state index contributed by atoms with van der Waals surface area (Å²) in [6.45, 7) is 3.89. The minimum Gasteiger partial charge on any atom is -0.493 e. The van der Waals surface area contributed by atoms with Gasteiger partial charge in [-0.25, -0.2) is 0 Å². The Morgan fingerprint density at radius 1 is 0.700 bits per heavy atom. The second-order valence-corrected chi connectivity index (χ2v) is 7.12. The van der Waals surface area contributed by atoms with Gasteiger partial charge < -0.3 is 39.1 Å². The van der Waals surface area contributed by atoms with Crippen molar-refractivity contribution in [3.63, 3.8) is 0 Å². The highest BCUT2D eigenvalue weighted by Gasteiger charge is 2.20. The van der Waals surface area contributed by atoms with Gasteiger partial charge in [0.25, 0.3) is 0 Å². The van der Waals surface area contributed by atoms with E-state index < -0.39 is 0 Å². The summed E-state index contributed by atoms with van der Waals surface area (Å²) in [6.07, 6.45) is 2.16. The summed E-state index contributed by atoms with van der Waals surface area (Å²) in [6, 6.07) is 7.97. The molecule has 2 aromatic carbocycles. The fourth-order valence-electron chi connectivity index (χ4n) is 3.54. The van der Waals surface area contributed by atoms with Crippen LogP contribution >= 0.6 is 0 Å². The largest absolute Gasteiger partial charge is 0.493 e. The van der Waals surface area contributed by atoms with Gasteiger partial charge in [-0.05, 0) is 61.3 Å². The highest BCUT2D eigenvalue weighted by Crippen LogP contribution is 2.42. The van der Waals surface area contributed by atoms with Crippen molar-refractivity contribution in [1.29, 1.82) is 0 Å². The molecule has 8 heteroatoms. The number of fused-ring (bicyclic) bond motifs is 2. The van der Waals surface area contributed by atoms with Crippen molar-refractivity contribution in [3.8, 4) is 34.5 Å². The average molecular weight is 416 g/mol. The molecule has 0 aliphatic carbocycles. The molecule has 0 radical (unpaired) electrons. The van der Waals surface area contributed by atoms with E-state index in [0.29, 0.717) is 23.0 Å². The van der Waals surface area contributed by atoms with Crippen molar-refractivity contribution in [1.82, 2.24) is 10.6 Å². The van der Waals surface area contributed by atoms with Gasteiger partial charge in [-0.15, -0.1) is 0 Å². The first-order valence-corrected chi connectivity index (χ1v) is 10.1. The number of methoxy groups -OCH3 is 2. The van der Waals surface area contributed by atoms with Crippen molar-refractivity contribution in [2.24, 2.45) is 0 Å². The van der Waals surface area contributed by atoms with E-state index in [1.807, 2.05) is 24.3 Å². The molecule has 0 bridgehead atoms. The Hall–Kier alpha value is -2.84. The Morgan fingerprint density at radius 3 is 1.60 bits per heavy atom. The van der Waals surface area contributed by atoms with Crippen LogP contribution in [0.5, 0.6) is 34.5 Å². The first kappa shape index (κ1) is 20.4. The number of nitrogens with one attached hydrogen (secondary N) is 2. The molecule has 0 saturated heterocycles. The van der Waals surface area contributed by atoms with Crippen LogP contribution in [-0.4, -0.2) is 40.9 Å². The van der Waals surface area contributed by atoms with Crippen molar-refractivity contribution in [2.45, 2.75) is 25.9 Å². The highest BCUT2D eigenvalue weighted by molar-refractivity contribution is 5.55. The zero-order valence-corrected chi connectivity index (χ0v) is 17.4. The molecule has 2 heterocycles. The predicted molar refractivity (Wildman–Crippen MR) is 111 cm³/mol. The summed E-state index contributed by atoms with van der Waals surface area (Å²) in [7, 11) is 3.28. The van der Waals surface area contributed by atoms with Gasteiger partial charge in [0.2, 0.25) is 25.1 Å². The van der Waals surface area contributed by atoms with Crippen LogP contribution in [0.15, 0.2) is 24.3 Å². The Labute approximate surface area is 176 Å². The maximum Gasteiger partial charge on any atom is 0.231 e. The third kappa shape index (κ3) is 4.66. The zero-order valence-electron chi connectivity index (χ0n) is 17.4. The molecule has 8 nitrogen and oxygen atoms in total. The SMILES string of the molecule is COc1cc(CNCCCCNCc2cc(OC)c3c(c2)OCO3)cc2c1OCO2. The van der Waals surface area contributed by atoms with Crippen LogP contribution in [0.1, 0.15) is 24.0 Å². The quantitative estimate of drug-likeness (QED) is 0.542. The van der Waals surface area contributed by atoms with Crippen molar-refractivity contribution in [2.75, 3.05) is 40.9 Å². The fraction of sp³-hybridized carbons (Fsp3) is 0.455. The second kappa shape index (κ2) is 9.77. The molecule has 4 rings (SSSR count). The molecule has 0 spiro atoms. The molecule has 2 aliphatic heterocycles. The molecule has 0 unspecified atom stereocenters. The summed E-state index contributed by atoms with van der Waals surface area (Å²) < 4.78 is 32.6. The minimum absolute atomic E-state index is 0.245. The number of ether oxygens (including phenoxy) is 6. The third-order valence-corrected chi connectivity index (χ3v) is 5.05. The molecule has 0 fully saturated rings. The van der Waals surface area contributed by atoms with E-state index in [2.05, 4.69) is 10.6 Å². The summed E-state index contributed by atoms with van der Waals surface area (Å²) in [5, 5.41) is 6.94. The number of rotatable bonds is 11. The van der Waals surface area contributed by atoms with Crippen LogP contribution < -0.4 is 39.1 Å². The summed E-state index contributed by atoms with van der Waals surface area (Å²) in [5.74, 6) is 4.29. The summed E-state index contributed by atoms with van der Waals surface area (Å²) >= 11 is 0. The van der Waals surface area contributed by atoms with E-state index in [1.54, 1.807) is 14.2 Å². The van der Waals surface area contributed by atoms with Gasteiger partial charge in [0.05, 0.1) is 14.2 Å². The van der Waals surface area contributed by atoms with Crippen LogP contribution in [0.25, 0.3) is 0 Å². The lowest BCUT2D eigenvalue weighted by Gasteiger charge is -2.10. The number of unbranched alkanes of at least 4 members (excludes halogenated alkanes) is 1. The van der Waals surface area contributed by atoms with E-state index in [0.717, 1.165) is 61.6 Å². The Balaban J connectivity index is 1.13. The lowest BCUT2D eigenvalue weighted by Crippen LogP contribution is -2.18. The molecule has 2 N–H and O–H groups in total. The molecule has 0 amide bonds. The maximum atomic E-state index is 5.47. The van der Waals surface area contributed by atoms with Crippen molar-refractivity contribution in [3.05, 3.63) is 35.4 Å². The van der Waals surface area contributed by atoms with Crippen LogP contribution in [0.3, 0.4) is 0 Å². The van der Waals surface area contributed by atoms with Crippen molar-refractivity contribution < 1.29 is 28.4 Å². The van der Waals surface area contributed by atoms with Crippen LogP contribution in [0.2, 0.25) is 0 Å². The number of hydrogen-bond acceptors (Lipinski definition) is 8. The third-order valence-electron chi connectivity index (χ3n) is 5.05. The number of benzene rings is 2. The normalized spacial score (nSPS) is 13.5. The van der Waals surface area contributed by atoms with Gasteiger partial charge in [-0.2, -0.15) is 0 Å². The average Bonchev–Trinajstić information content (AvgIpc) is 3.43. The molecule has 2 aliphatic rings. The van der Waals surface area contributed by atoms with Gasteiger partial charge in [-0.3, -0.25) is 0 Å². The van der Waals surface area contributed by atoms with Gasteiger partial charge in [-0.1, -0.05) is 0 Å². The summed E-state index contributed by atoms with van der Waals surface area (Å²) in [4.78, 5) is 0. The van der Waals surface area contributed by atoms with Crippen LogP contribution in [0, 0.1) is 0 Å². The van der Waals surface area contributed by atoms with Crippen molar-refractivity contribution >= 4 is 0 Å². The van der Waals surface area contributed by atoms with E-state index >= 15 is 0 Å². The fourth-order valence-corrected chi connectivity index (χ4v) is 3.54. The molecular formula is C22H28N2O6. The minimum atomic E-state index is 0.245. The first-order chi connectivity index (χ1) is 14.8. The lowest BCUT2D eigenvalue weighted by atomic mass is 10.1. The highest BCUT2D eigenvalue weighted by atomic mass is 16.7. The zero-order chi connectivity index (χ0) is 20.8. The molecule has 0 atom stereocenters. The standard InChI is InChI=1S/C22H28N2O6/c1-25-17-7-15(9-19-21(17)29-13-27-19)11-23-5-3-4-6-24-12-16-8-18(26-2)22-20(10-16)28-14-30-22/h7-10,23-24H,3-6,11-14H2,1-2H3. The van der Waals surface area contributed by atoms with E-state index in [4.69, 9.17) is 28.4 Å². The Kier molecular flexibility index (Phi) is 6.66. The lowest BCUT2D eigenvalue weighted by molar-refractivity contribution is 0.171. The molecule has 30 heavy (non-hydrogen) atoms. The van der Waals surface area contributed by atoms with Gasteiger partial charge in [0.15, 0.2) is 23.0 Å². The Morgan fingerprint density at radius 2 is 1.17 bits per heavy atom.